The lowest BCUT2D eigenvalue weighted by molar-refractivity contribution is -0.130. The molecule has 1 N–H and O–H groups in total. The summed E-state index contributed by atoms with van der Waals surface area (Å²) in [5.41, 5.74) is 1.93. The van der Waals surface area contributed by atoms with Crippen molar-refractivity contribution in [2.24, 2.45) is 0 Å². The van der Waals surface area contributed by atoms with Crippen LogP contribution in [0.2, 0.25) is 5.02 Å². The van der Waals surface area contributed by atoms with Gasteiger partial charge in [-0.2, -0.15) is 0 Å². The second-order valence-corrected chi connectivity index (χ2v) is 6.64. The van der Waals surface area contributed by atoms with Crippen molar-refractivity contribution in [3.8, 4) is 0 Å². The highest BCUT2D eigenvalue weighted by molar-refractivity contribution is 6.31. The minimum atomic E-state index is -0.479. The molecule has 0 bridgehead atoms. The highest BCUT2D eigenvalue weighted by Gasteiger charge is 2.39. The van der Waals surface area contributed by atoms with Crippen molar-refractivity contribution in [1.29, 1.82) is 0 Å². The summed E-state index contributed by atoms with van der Waals surface area (Å²) in [4.78, 5) is 26.4. The number of hydrogen-bond acceptors (Lipinski definition) is 2. The molecule has 0 fully saturated rings. The van der Waals surface area contributed by atoms with Crippen LogP contribution in [0.3, 0.4) is 0 Å². The van der Waals surface area contributed by atoms with Gasteiger partial charge in [0.25, 0.3) is 5.91 Å². The molecule has 132 valence electrons. The molecule has 4 nitrogen and oxygen atoms in total. The third kappa shape index (κ3) is 4.11. The number of amides is 2. The Morgan fingerprint density at radius 1 is 1.21 bits per heavy atom. The van der Waals surface area contributed by atoms with Crippen LogP contribution in [-0.4, -0.2) is 35.3 Å². The first-order valence-electron chi connectivity index (χ1n) is 7.90. The molecular formula is C18H24Cl2N2O2. The van der Waals surface area contributed by atoms with Crippen molar-refractivity contribution in [1.82, 2.24) is 10.2 Å². The summed E-state index contributed by atoms with van der Waals surface area (Å²) in [6, 6.07) is 7.23. The fourth-order valence-electron chi connectivity index (χ4n) is 2.86. The molecule has 1 aromatic rings. The minimum Gasteiger partial charge on any atom is -0.343 e. The zero-order valence-electron chi connectivity index (χ0n) is 14.5. The van der Waals surface area contributed by atoms with Gasteiger partial charge in [-0.25, -0.2) is 0 Å². The quantitative estimate of drug-likeness (QED) is 0.858. The SMILES string of the molecule is CCC(=O)N(CC)CC1=C(c2ccc(Cl)cc2)C(=O)NC1(C)C.Cl. The van der Waals surface area contributed by atoms with Crippen molar-refractivity contribution >= 4 is 41.4 Å². The third-order valence-electron chi connectivity index (χ3n) is 4.23. The number of carbonyl (C=O) groups excluding carboxylic acids is 2. The minimum absolute atomic E-state index is 0. The summed E-state index contributed by atoms with van der Waals surface area (Å²) >= 11 is 5.94. The number of nitrogens with one attached hydrogen (secondary N) is 1. The molecule has 0 unspecified atom stereocenters. The van der Waals surface area contributed by atoms with Gasteiger partial charge in [0.15, 0.2) is 0 Å². The zero-order chi connectivity index (χ0) is 17.2. The van der Waals surface area contributed by atoms with Crippen LogP contribution in [0.1, 0.15) is 39.7 Å². The Kier molecular flexibility index (Phi) is 6.87. The zero-order valence-corrected chi connectivity index (χ0v) is 16.1. The van der Waals surface area contributed by atoms with Gasteiger partial charge in [-0.1, -0.05) is 30.7 Å². The lowest BCUT2D eigenvalue weighted by Crippen LogP contribution is -2.42. The summed E-state index contributed by atoms with van der Waals surface area (Å²) in [6.45, 7) is 8.80. The van der Waals surface area contributed by atoms with Crippen LogP contribution in [0.5, 0.6) is 0 Å². The third-order valence-corrected chi connectivity index (χ3v) is 4.48. The van der Waals surface area contributed by atoms with Gasteiger partial charge in [-0.3, -0.25) is 9.59 Å². The van der Waals surface area contributed by atoms with Crippen molar-refractivity contribution in [2.45, 2.75) is 39.7 Å². The van der Waals surface area contributed by atoms with Gasteiger partial charge < -0.3 is 10.2 Å². The number of likely N-dealkylation sites (N-methyl/N-ethyl adjacent to an activating group) is 1. The van der Waals surface area contributed by atoms with Crippen LogP contribution in [0.15, 0.2) is 29.8 Å². The highest BCUT2D eigenvalue weighted by Crippen LogP contribution is 2.34. The lowest BCUT2D eigenvalue weighted by atomic mass is 9.90. The van der Waals surface area contributed by atoms with Crippen LogP contribution >= 0.6 is 24.0 Å². The summed E-state index contributed by atoms with van der Waals surface area (Å²) in [7, 11) is 0. The lowest BCUT2D eigenvalue weighted by Gasteiger charge is -2.28. The van der Waals surface area contributed by atoms with E-state index in [1.165, 1.54) is 0 Å². The van der Waals surface area contributed by atoms with E-state index in [4.69, 9.17) is 11.6 Å². The Bertz CT molecular complexity index is 651. The first-order valence-corrected chi connectivity index (χ1v) is 8.27. The molecule has 2 amide bonds. The number of halogens is 2. The molecule has 0 radical (unpaired) electrons. The molecule has 0 spiro atoms. The predicted octanol–water partition coefficient (Wildman–Crippen LogP) is 3.68. The van der Waals surface area contributed by atoms with Gasteiger partial charge in [-0.05, 0) is 44.0 Å². The van der Waals surface area contributed by atoms with E-state index in [0.29, 0.717) is 30.1 Å². The van der Waals surface area contributed by atoms with Crippen molar-refractivity contribution in [3.63, 3.8) is 0 Å². The maximum absolute atomic E-state index is 12.5. The molecular weight excluding hydrogens is 347 g/mol. The molecule has 0 saturated heterocycles. The van der Waals surface area contributed by atoms with E-state index in [-0.39, 0.29) is 24.2 Å². The molecule has 0 aliphatic carbocycles. The molecule has 1 aliphatic heterocycles. The van der Waals surface area contributed by atoms with Crippen molar-refractivity contribution in [3.05, 3.63) is 40.4 Å². The first kappa shape index (κ1) is 20.5. The van der Waals surface area contributed by atoms with Crippen molar-refractivity contribution in [2.75, 3.05) is 13.1 Å². The van der Waals surface area contributed by atoms with E-state index < -0.39 is 5.54 Å². The molecule has 6 heteroatoms. The van der Waals surface area contributed by atoms with Gasteiger partial charge in [0.05, 0.1) is 5.54 Å². The summed E-state index contributed by atoms with van der Waals surface area (Å²) in [5.74, 6) is -0.0158. The Balaban J connectivity index is 0.00000288. The fourth-order valence-corrected chi connectivity index (χ4v) is 2.99. The molecule has 0 saturated carbocycles. The predicted molar refractivity (Wildman–Crippen MR) is 100 cm³/mol. The molecule has 0 atom stereocenters. The molecule has 1 aliphatic rings. The highest BCUT2D eigenvalue weighted by atomic mass is 35.5. The first-order chi connectivity index (χ1) is 10.8. The second kappa shape index (κ2) is 8.04. The van der Waals surface area contributed by atoms with E-state index >= 15 is 0 Å². The maximum Gasteiger partial charge on any atom is 0.252 e. The molecule has 1 heterocycles. The van der Waals surface area contributed by atoms with E-state index in [1.807, 2.05) is 39.8 Å². The normalized spacial score (nSPS) is 15.8. The van der Waals surface area contributed by atoms with E-state index in [9.17, 15) is 9.59 Å². The molecule has 0 aromatic heterocycles. The number of benzene rings is 1. The van der Waals surface area contributed by atoms with Crippen LogP contribution < -0.4 is 5.32 Å². The number of carbonyl (C=O) groups is 2. The van der Waals surface area contributed by atoms with Crippen LogP contribution in [-0.2, 0) is 9.59 Å². The van der Waals surface area contributed by atoms with E-state index in [1.54, 1.807) is 17.0 Å². The molecule has 1 aromatic carbocycles. The maximum atomic E-state index is 12.5. The van der Waals surface area contributed by atoms with Crippen LogP contribution in [0.4, 0.5) is 0 Å². The average Bonchev–Trinajstić information content (AvgIpc) is 2.73. The monoisotopic (exact) mass is 370 g/mol. The summed E-state index contributed by atoms with van der Waals surface area (Å²) < 4.78 is 0. The van der Waals surface area contributed by atoms with E-state index in [0.717, 1.165) is 11.1 Å². The number of hydrogen-bond donors (Lipinski definition) is 1. The summed E-state index contributed by atoms with van der Waals surface area (Å²) in [6.07, 6.45) is 0.458. The van der Waals surface area contributed by atoms with Crippen molar-refractivity contribution < 1.29 is 9.59 Å². The van der Waals surface area contributed by atoms with E-state index in [2.05, 4.69) is 5.32 Å². The van der Waals surface area contributed by atoms with Gasteiger partial charge in [0.1, 0.15) is 0 Å². The fraction of sp³-hybridized carbons (Fsp3) is 0.444. The standard InChI is InChI=1S/C18H23ClN2O2.ClH/c1-5-15(22)21(6-2)11-14-16(17(23)20-18(14,3)4)12-7-9-13(19)10-8-12;/h7-10H,5-6,11H2,1-4H3,(H,20,23);1H. The molecule has 2 rings (SSSR count). The molecule has 24 heavy (non-hydrogen) atoms. The average molecular weight is 371 g/mol. The number of nitrogens with zero attached hydrogens (tertiary/aromatic N) is 1. The van der Waals surface area contributed by atoms with Crippen LogP contribution in [0.25, 0.3) is 5.57 Å². The Morgan fingerprint density at radius 3 is 2.29 bits per heavy atom. The largest absolute Gasteiger partial charge is 0.343 e. The second-order valence-electron chi connectivity index (χ2n) is 6.20. The number of rotatable bonds is 5. The topological polar surface area (TPSA) is 49.4 Å². The Hall–Kier alpha value is -1.52. The van der Waals surface area contributed by atoms with Crippen LogP contribution in [0, 0.1) is 0 Å². The van der Waals surface area contributed by atoms with Gasteiger partial charge in [0, 0.05) is 30.1 Å². The van der Waals surface area contributed by atoms with Gasteiger partial charge in [-0.15, -0.1) is 12.4 Å². The van der Waals surface area contributed by atoms with Gasteiger partial charge >= 0.3 is 0 Å². The summed E-state index contributed by atoms with van der Waals surface area (Å²) in [5, 5.41) is 3.64. The Labute approximate surface area is 154 Å². The smallest absolute Gasteiger partial charge is 0.252 e. The Morgan fingerprint density at radius 2 is 1.79 bits per heavy atom. The van der Waals surface area contributed by atoms with Gasteiger partial charge in [0.2, 0.25) is 5.91 Å².